The van der Waals surface area contributed by atoms with Crippen LogP contribution >= 0.6 is 23.4 Å². The van der Waals surface area contributed by atoms with E-state index in [-0.39, 0.29) is 5.56 Å². The molecule has 0 N–H and O–H groups in total. The van der Waals surface area contributed by atoms with E-state index in [4.69, 9.17) is 11.6 Å². The van der Waals surface area contributed by atoms with Gasteiger partial charge in [-0.05, 0) is 42.8 Å². The van der Waals surface area contributed by atoms with Crippen LogP contribution in [0.25, 0.3) is 5.65 Å². The van der Waals surface area contributed by atoms with E-state index in [0.29, 0.717) is 5.75 Å². The van der Waals surface area contributed by atoms with Crippen molar-refractivity contribution in [3.05, 3.63) is 75.3 Å². The molecule has 106 valence electrons. The Morgan fingerprint density at radius 2 is 2.00 bits per heavy atom. The van der Waals surface area contributed by atoms with Crippen LogP contribution in [0.15, 0.2) is 58.4 Å². The quantitative estimate of drug-likeness (QED) is 0.686. The Morgan fingerprint density at radius 1 is 1.24 bits per heavy atom. The summed E-state index contributed by atoms with van der Waals surface area (Å²) in [7, 11) is 0. The van der Waals surface area contributed by atoms with Gasteiger partial charge in [0.05, 0.1) is 5.69 Å². The molecule has 5 heteroatoms. The van der Waals surface area contributed by atoms with Crippen molar-refractivity contribution in [3.8, 4) is 0 Å². The summed E-state index contributed by atoms with van der Waals surface area (Å²) in [6.45, 7) is 1.96. The number of thioether (sulfide) groups is 1. The van der Waals surface area contributed by atoms with Crippen LogP contribution in [0.4, 0.5) is 0 Å². The van der Waals surface area contributed by atoms with Gasteiger partial charge in [-0.1, -0.05) is 17.7 Å². The fourth-order valence-corrected chi connectivity index (χ4v) is 2.99. The zero-order valence-electron chi connectivity index (χ0n) is 11.4. The SMILES string of the molecule is Cc1cccn2c(=O)cc(CSc3ccc(Cl)cc3)nc12. The second-order valence-electron chi connectivity index (χ2n) is 4.71. The van der Waals surface area contributed by atoms with E-state index in [1.807, 2.05) is 43.3 Å². The van der Waals surface area contributed by atoms with Gasteiger partial charge in [0.25, 0.3) is 5.56 Å². The van der Waals surface area contributed by atoms with E-state index in [0.717, 1.165) is 26.8 Å². The molecule has 0 radical (unpaired) electrons. The number of aryl methyl sites for hydroxylation is 1. The molecule has 3 rings (SSSR count). The van der Waals surface area contributed by atoms with Gasteiger partial charge < -0.3 is 0 Å². The first-order valence-electron chi connectivity index (χ1n) is 6.50. The first kappa shape index (κ1) is 14.2. The summed E-state index contributed by atoms with van der Waals surface area (Å²) >= 11 is 7.50. The lowest BCUT2D eigenvalue weighted by atomic mass is 10.3. The number of nitrogens with zero attached hydrogens (tertiary/aromatic N) is 2. The van der Waals surface area contributed by atoms with E-state index < -0.39 is 0 Å². The Kier molecular flexibility index (Phi) is 3.99. The van der Waals surface area contributed by atoms with Crippen LogP contribution in [-0.2, 0) is 5.75 Å². The van der Waals surface area contributed by atoms with Crippen molar-refractivity contribution in [2.24, 2.45) is 0 Å². The van der Waals surface area contributed by atoms with Crippen molar-refractivity contribution in [1.82, 2.24) is 9.38 Å². The number of aromatic nitrogens is 2. The summed E-state index contributed by atoms with van der Waals surface area (Å²) in [4.78, 5) is 17.8. The summed E-state index contributed by atoms with van der Waals surface area (Å²) in [5.74, 6) is 0.654. The van der Waals surface area contributed by atoms with Crippen LogP contribution in [0.3, 0.4) is 0 Å². The molecular formula is C16H13ClN2OS. The maximum absolute atomic E-state index is 12.1. The lowest BCUT2D eigenvalue weighted by molar-refractivity contribution is 1.00. The van der Waals surface area contributed by atoms with Gasteiger partial charge in [0.15, 0.2) is 0 Å². The monoisotopic (exact) mass is 316 g/mol. The predicted molar refractivity (Wildman–Crippen MR) is 87.2 cm³/mol. The molecule has 0 unspecified atom stereocenters. The van der Waals surface area contributed by atoms with Gasteiger partial charge in [-0.2, -0.15) is 0 Å². The molecule has 0 saturated carbocycles. The highest BCUT2D eigenvalue weighted by Gasteiger charge is 2.05. The number of hydrogen-bond acceptors (Lipinski definition) is 3. The van der Waals surface area contributed by atoms with Crippen LogP contribution in [0, 0.1) is 6.92 Å². The lowest BCUT2D eigenvalue weighted by Crippen LogP contribution is -2.15. The maximum atomic E-state index is 12.1. The number of rotatable bonds is 3. The van der Waals surface area contributed by atoms with Crippen LogP contribution < -0.4 is 5.56 Å². The molecule has 21 heavy (non-hydrogen) atoms. The van der Waals surface area contributed by atoms with Crippen molar-refractivity contribution >= 4 is 29.0 Å². The zero-order chi connectivity index (χ0) is 14.8. The molecule has 0 bridgehead atoms. The van der Waals surface area contributed by atoms with Gasteiger partial charge in [-0.3, -0.25) is 9.20 Å². The molecule has 3 nitrogen and oxygen atoms in total. The number of pyridine rings is 1. The molecule has 0 saturated heterocycles. The fourth-order valence-electron chi connectivity index (χ4n) is 2.07. The highest BCUT2D eigenvalue weighted by atomic mass is 35.5. The Balaban J connectivity index is 1.89. The normalized spacial score (nSPS) is 11.0. The van der Waals surface area contributed by atoms with E-state index >= 15 is 0 Å². The van der Waals surface area contributed by atoms with Gasteiger partial charge in [-0.25, -0.2) is 4.98 Å². The van der Waals surface area contributed by atoms with E-state index in [1.54, 1.807) is 28.4 Å². The molecule has 2 aromatic heterocycles. The number of fused-ring (bicyclic) bond motifs is 1. The molecule has 0 spiro atoms. The van der Waals surface area contributed by atoms with Gasteiger partial charge >= 0.3 is 0 Å². The smallest absolute Gasteiger partial charge is 0.258 e. The molecule has 1 aromatic carbocycles. The first-order chi connectivity index (χ1) is 10.1. The average Bonchev–Trinajstić information content (AvgIpc) is 2.48. The lowest BCUT2D eigenvalue weighted by Gasteiger charge is -2.06. The first-order valence-corrected chi connectivity index (χ1v) is 7.86. The summed E-state index contributed by atoms with van der Waals surface area (Å²) in [5, 5.41) is 0.719. The average molecular weight is 317 g/mol. The van der Waals surface area contributed by atoms with Crippen LogP contribution in [0.1, 0.15) is 11.3 Å². The third-order valence-electron chi connectivity index (χ3n) is 3.14. The Labute approximate surface area is 131 Å². The highest BCUT2D eigenvalue weighted by Crippen LogP contribution is 2.23. The second kappa shape index (κ2) is 5.92. The zero-order valence-corrected chi connectivity index (χ0v) is 13.0. The Hall–Kier alpha value is -1.78. The standard InChI is InChI=1S/C16H13ClN2OS/c1-11-3-2-8-19-15(20)9-13(18-16(11)19)10-21-14-6-4-12(17)5-7-14/h2-9H,10H2,1H3. The van der Waals surface area contributed by atoms with Crippen molar-refractivity contribution in [1.29, 1.82) is 0 Å². The van der Waals surface area contributed by atoms with Crippen molar-refractivity contribution in [2.45, 2.75) is 17.6 Å². The van der Waals surface area contributed by atoms with Crippen molar-refractivity contribution in [2.75, 3.05) is 0 Å². The fraction of sp³-hybridized carbons (Fsp3) is 0.125. The van der Waals surface area contributed by atoms with E-state index in [2.05, 4.69) is 4.98 Å². The number of benzene rings is 1. The number of halogens is 1. The van der Waals surface area contributed by atoms with Crippen LogP contribution in [0.5, 0.6) is 0 Å². The topological polar surface area (TPSA) is 34.4 Å². The summed E-state index contributed by atoms with van der Waals surface area (Å²) in [6, 6.07) is 13.0. The van der Waals surface area contributed by atoms with Crippen molar-refractivity contribution < 1.29 is 0 Å². The van der Waals surface area contributed by atoms with E-state index in [9.17, 15) is 4.79 Å². The Morgan fingerprint density at radius 3 is 2.76 bits per heavy atom. The molecule has 3 aromatic rings. The summed E-state index contributed by atoms with van der Waals surface area (Å²) < 4.78 is 1.58. The minimum Gasteiger partial charge on any atom is -0.269 e. The molecule has 0 aliphatic rings. The minimum absolute atomic E-state index is 0.0459. The van der Waals surface area contributed by atoms with E-state index in [1.165, 1.54) is 0 Å². The summed E-state index contributed by atoms with van der Waals surface area (Å²) in [6.07, 6.45) is 1.74. The Bertz CT molecular complexity index is 843. The third kappa shape index (κ3) is 3.12. The van der Waals surface area contributed by atoms with Crippen LogP contribution in [0.2, 0.25) is 5.02 Å². The van der Waals surface area contributed by atoms with Gasteiger partial charge in [0.1, 0.15) is 5.65 Å². The van der Waals surface area contributed by atoms with Gasteiger partial charge in [0, 0.05) is 27.9 Å². The maximum Gasteiger partial charge on any atom is 0.258 e. The summed E-state index contributed by atoms with van der Waals surface area (Å²) in [5.41, 5.74) is 2.45. The molecular weight excluding hydrogens is 304 g/mol. The van der Waals surface area contributed by atoms with Crippen molar-refractivity contribution in [3.63, 3.8) is 0 Å². The molecule has 0 amide bonds. The number of hydrogen-bond donors (Lipinski definition) is 0. The minimum atomic E-state index is -0.0459. The molecule has 0 atom stereocenters. The molecule has 2 heterocycles. The second-order valence-corrected chi connectivity index (χ2v) is 6.20. The van der Waals surface area contributed by atoms with Gasteiger partial charge in [-0.15, -0.1) is 11.8 Å². The van der Waals surface area contributed by atoms with Crippen LogP contribution in [-0.4, -0.2) is 9.38 Å². The van der Waals surface area contributed by atoms with Gasteiger partial charge in [0.2, 0.25) is 0 Å². The molecule has 0 fully saturated rings. The third-order valence-corrected chi connectivity index (χ3v) is 4.44. The molecule has 0 aliphatic carbocycles. The molecule has 0 aliphatic heterocycles. The predicted octanol–water partition coefficient (Wildman–Crippen LogP) is 3.95. The highest BCUT2D eigenvalue weighted by molar-refractivity contribution is 7.98. The largest absolute Gasteiger partial charge is 0.269 e.